The summed E-state index contributed by atoms with van der Waals surface area (Å²) in [6, 6.07) is 7.04. The smallest absolute Gasteiger partial charge is 0.311 e. The summed E-state index contributed by atoms with van der Waals surface area (Å²) < 4.78 is 5.09. The van der Waals surface area contributed by atoms with Gasteiger partial charge in [0.1, 0.15) is 0 Å². The molecule has 0 saturated heterocycles. The molecule has 0 bridgehead atoms. The molecule has 20 heavy (non-hydrogen) atoms. The second-order valence-electron chi connectivity index (χ2n) is 4.70. The molecular weight excluding hydrogens is 256 g/mol. The predicted molar refractivity (Wildman–Crippen MR) is 78.0 cm³/mol. The Kier molecular flexibility index (Phi) is 6.56. The van der Waals surface area contributed by atoms with Crippen molar-refractivity contribution in [3.05, 3.63) is 29.8 Å². The zero-order valence-corrected chi connectivity index (χ0v) is 12.0. The third kappa shape index (κ3) is 5.73. The lowest BCUT2D eigenvalue weighted by Gasteiger charge is -2.13. The molecular formula is C15H22N2O3. The number of hydrogen-bond donors (Lipinski definition) is 2. The van der Waals surface area contributed by atoms with Crippen molar-refractivity contribution in [1.82, 2.24) is 5.32 Å². The lowest BCUT2D eigenvalue weighted by atomic mass is 10.1. The first-order valence-corrected chi connectivity index (χ1v) is 6.84. The molecule has 1 atom stereocenters. The summed E-state index contributed by atoms with van der Waals surface area (Å²) in [6.45, 7) is 4.21. The van der Waals surface area contributed by atoms with E-state index in [1.165, 1.54) is 0 Å². The number of nitrogens with one attached hydrogen (secondary N) is 1. The minimum Gasteiger partial charge on any atom is -0.452 e. The minimum atomic E-state index is -0.777. The van der Waals surface area contributed by atoms with Crippen LogP contribution in [-0.4, -0.2) is 24.5 Å². The molecule has 0 saturated carbocycles. The van der Waals surface area contributed by atoms with E-state index in [-0.39, 0.29) is 12.3 Å². The quantitative estimate of drug-likeness (QED) is 0.451. The summed E-state index contributed by atoms with van der Waals surface area (Å²) >= 11 is 0. The van der Waals surface area contributed by atoms with E-state index in [0.29, 0.717) is 12.2 Å². The lowest BCUT2D eigenvalue weighted by molar-refractivity contribution is -0.154. The van der Waals surface area contributed by atoms with Crippen molar-refractivity contribution < 1.29 is 14.3 Å². The average molecular weight is 278 g/mol. The molecule has 1 amide bonds. The van der Waals surface area contributed by atoms with Crippen molar-refractivity contribution >= 4 is 17.6 Å². The number of benzene rings is 1. The normalized spacial score (nSPS) is 11.7. The molecule has 0 spiro atoms. The van der Waals surface area contributed by atoms with Crippen LogP contribution in [0.4, 0.5) is 5.69 Å². The number of carbonyl (C=O) groups excluding carboxylic acids is 2. The highest BCUT2D eigenvalue weighted by Crippen LogP contribution is 2.08. The van der Waals surface area contributed by atoms with Crippen molar-refractivity contribution in [3.63, 3.8) is 0 Å². The summed E-state index contributed by atoms with van der Waals surface area (Å²) in [6.07, 6.45) is 1.25. The molecule has 0 fully saturated rings. The van der Waals surface area contributed by atoms with E-state index in [4.69, 9.17) is 10.5 Å². The number of unbranched alkanes of at least 4 members (excludes halogenated alkanes) is 1. The number of esters is 1. The lowest BCUT2D eigenvalue weighted by Crippen LogP contribution is -2.36. The van der Waals surface area contributed by atoms with E-state index in [2.05, 4.69) is 5.32 Å². The van der Waals surface area contributed by atoms with E-state index in [9.17, 15) is 9.59 Å². The third-order valence-corrected chi connectivity index (χ3v) is 2.81. The fraction of sp³-hybridized carbons (Fsp3) is 0.467. The number of ether oxygens (including phenoxy) is 1. The van der Waals surface area contributed by atoms with Gasteiger partial charge < -0.3 is 15.8 Å². The van der Waals surface area contributed by atoms with Crippen LogP contribution < -0.4 is 11.1 Å². The number of carbonyl (C=O) groups is 2. The SMILES string of the molecule is CCCCNC(=O)C(C)OC(=O)Cc1cccc(N)c1. The maximum absolute atomic E-state index is 11.7. The molecule has 0 radical (unpaired) electrons. The van der Waals surface area contributed by atoms with Crippen LogP contribution in [0.5, 0.6) is 0 Å². The summed E-state index contributed by atoms with van der Waals surface area (Å²) in [5.74, 6) is -0.701. The summed E-state index contributed by atoms with van der Waals surface area (Å²) in [7, 11) is 0. The summed E-state index contributed by atoms with van der Waals surface area (Å²) in [5.41, 5.74) is 7.01. The van der Waals surface area contributed by atoms with E-state index in [1.54, 1.807) is 31.2 Å². The Balaban J connectivity index is 2.39. The second-order valence-corrected chi connectivity index (χ2v) is 4.70. The van der Waals surface area contributed by atoms with E-state index >= 15 is 0 Å². The van der Waals surface area contributed by atoms with Gasteiger partial charge in [0.2, 0.25) is 0 Å². The van der Waals surface area contributed by atoms with Crippen molar-refractivity contribution in [1.29, 1.82) is 0 Å². The molecule has 0 aliphatic carbocycles. The van der Waals surface area contributed by atoms with Crippen LogP contribution in [0.1, 0.15) is 32.3 Å². The minimum absolute atomic E-state index is 0.109. The number of rotatable bonds is 7. The van der Waals surface area contributed by atoms with Crippen LogP contribution >= 0.6 is 0 Å². The van der Waals surface area contributed by atoms with E-state index in [0.717, 1.165) is 18.4 Å². The molecule has 0 heterocycles. The first kappa shape index (κ1) is 16.0. The molecule has 5 nitrogen and oxygen atoms in total. The van der Waals surface area contributed by atoms with Gasteiger partial charge in [-0.15, -0.1) is 0 Å². The monoisotopic (exact) mass is 278 g/mol. The van der Waals surface area contributed by atoms with Gasteiger partial charge in [-0.1, -0.05) is 25.5 Å². The molecule has 3 N–H and O–H groups in total. The molecule has 1 aromatic rings. The van der Waals surface area contributed by atoms with Gasteiger partial charge in [0.25, 0.3) is 5.91 Å². The van der Waals surface area contributed by atoms with Crippen LogP contribution in [0.3, 0.4) is 0 Å². The van der Waals surface area contributed by atoms with Crippen LogP contribution in [0.2, 0.25) is 0 Å². The van der Waals surface area contributed by atoms with Crippen molar-refractivity contribution in [3.8, 4) is 0 Å². The summed E-state index contributed by atoms with van der Waals surface area (Å²) in [5, 5.41) is 2.73. The van der Waals surface area contributed by atoms with Crippen LogP contribution in [0.15, 0.2) is 24.3 Å². The Morgan fingerprint density at radius 3 is 2.80 bits per heavy atom. The van der Waals surface area contributed by atoms with Crippen molar-refractivity contribution in [2.45, 2.75) is 39.2 Å². The number of hydrogen-bond acceptors (Lipinski definition) is 4. The first-order valence-electron chi connectivity index (χ1n) is 6.84. The Labute approximate surface area is 119 Å². The van der Waals surface area contributed by atoms with Gasteiger partial charge in [-0.2, -0.15) is 0 Å². The van der Waals surface area contributed by atoms with Crippen LogP contribution in [-0.2, 0) is 20.7 Å². The molecule has 0 aromatic heterocycles. The fourth-order valence-electron chi connectivity index (χ4n) is 1.69. The largest absolute Gasteiger partial charge is 0.452 e. The number of nitrogen functional groups attached to an aromatic ring is 1. The van der Waals surface area contributed by atoms with Crippen molar-refractivity contribution in [2.24, 2.45) is 0 Å². The standard InChI is InChI=1S/C15H22N2O3/c1-3-4-8-17-15(19)11(2)20-14(18)10-12-6-5-7-13(16)9-12/h5-7,9,11H,3-4,8,10,16H2,1-2H3,(H,17,19). The third-order valence-electron chi connectivity index (χ3n) is 2.81. The van der Waals surface area contributed by atoms with E-state index in [1.807, 2.05) is 6.92 Å². The molecule has 1 unspecified atom stereocenters. The van der Waals surface area contributed by atoms with Gasteiger partial charge in [-0.3, -0.25) is 9.59 Å². The molecule has 110 valence electrons. The highest BCUT2D eigenvalue weighted by molar-refractivity contribution is 5.83. The zero-order valence-electron chi connectivity index (χ0n) is 12.0. The van der Waals surface area contributed by atoms with Gasteiger partial charge in [0.15, 0.2) is 6.10 Å². The fourth-order valence-corrected chi connectivity index (χ4v) is 1.69. The maximum Gasteiger partial charge on any atom is 0.311 e. The van der Waals surface area contributed by atoms with Gasteiger partial charge in [0, 0.05) is 12.2 Å². The average Bonchev–Trinajstić information content (AvgIpc) is 2.38. The Bertz CT molecular complexity index is 460. The van der Waals surface area contributed by atoms with Gasteiger partial charge in [-0.05, 0) is 31.0 Å². The first-order chi connectivity index (χ1) is 9.52. The van der Waals surface area contributed by atoms with Gasteiger partial charge in [-0.25, -0.2) is 0 Å². The molecule has 1 aromatic carbocycles. The van der Waals surface area contributed by atoms with Gasteiger partial charge >= 0.3 is 5.97 Å². The van der Waals surface area contributed by atoms with E-state index < -0.39 is 12.1 Å². The van der Waals surface area contributed by atoms with Crippen LogP contribution in [0, 0.1) is 0 Å². The van der Waals surface area contributed by atoms with Crippen molar-refractivity contribution in [2.75, 3.05) is 12.3 Å². The Hall–Kier alpha value is -2.04. The second kappa shape index (κ2) is 8.19. The number of anilines is 1. The topological polar surface area (TPSA) is 81.4 Å². The number of amides is 1. The number of nitrogens with two attached hydrogens (primary N) is 1. The molecule has 1 rings (SSSR count). The Morgan fingerprint density at radius 1 is 1.40 bits per heavy atom. The maximum atomic E-state index is 11.7. The molecule has 0 aliphatic rings. The predicted octanol–water partition coefficient (Wildman–Crippen LogP) is 1.66. The summed E-state index contributed by atoms with van der Waals surface area (Å²) in [4.78, 5) is 23.4. The van der Waals surface area contributed by atoms with Gasteiger partial charge in [0.05, 0.1) is 6.42 Å². The molecule has 5 heteroatoms. The highest BCUT2D eigenvalue weighted by atomic mass is 16.5. The zero-order chi connectivity index (χ0) is 15.0. The van der Waals surface area contributed by atoms with Crippen LogP contribution in [0.25, 0.3) is 0 Å². The molecule has 0 aliphatic heterocycles. The Morgan fingerprint density at radius 2 is 2.15 bits per heavy atom. The highest BCUT2D eigenvalue weighted by Gasteiger charge is 2.17.